The van der Waals surface area contributed by atoms with Crippen molar-refractivity contribution < 1.29 is 8.42 Å². The zero-order valence-corrected chi connectivity index (χ0v) is 15.2. The average molecular weight is 351 g/mol. The number of aromatic nitrogens is 1. The molecule has 124 valence electrons. The number of rotatable bonds is 5. The topological polar surface area (TPSA) is 62.3 Å². The van der Waals surface area contributed by atoms with Crippen LogP contribution in [0.25, 0.3) is 11.3 Å². The normalized spacial score (nSPS) is 14.3. The summed E-state index contributed by atoms with van der Waals surface area (Å²) in [6.45, 7) is 5.75. The van der Waals surface area contributed by atoms with Crippen molar-refractivity contribution in [3.8, 4) is 11.3 Å². The Morgan fingerprint density at radius 1 is 1.39 bits per heavy atom. The molecule has 0 aliphatic carbocycles. The van der Waals surface area contributed by atoms with E-state index >= 15 is 0 Å². The minimum absolute atomic E-state index is 0.524. The first-order chi connectivity index (χ1) is 10.8. The molecule has 7 heteroatoms. The molecule has 0 fully saturated rings. The van der Waals surface area contributed by atoms with Crippen molar-refractivity contribution in [2.75, 3.05) is 29.0 Å². The molecule has 0 radical (unpaired) electrons. The summed E-state index contributed by atoms with van der Waals surface area (Å²) in [5.74, 6) is 0.573. The number of hydrogen-bond acceptors (Lipinski definition) is 5. The quantitative estimate of drug-likeness (QED) is 0.898. The van der Waals surface area contributed by atoms with E-state index in [1.54, 1.807) is 11.3 Å². The van der Waals surface area contributed by atoms with Gasteiger partial charge in [-0.3, -0.25) is 4.31 Å². The van der Waals surface area contributed by atoms with Crippen LogP contribution in [-0.4, -0.2) is 32.7 Å². The van der Waals surface area contributed by atoms with Gasteiger partial charge in [0.15, 0.2) is 5.13 Å². The first-order valence-electron chi connectivity index (χ1n) is 7.65. The van der Waals surface area contributed by atoms with Gasteiger partial charge in [-0.05, 0) is 30.0 Å². The molecule has 2 heterocycles. The fourth-order valence-corrected chi connectivity index (χ4v) is 4.34. The lowest BCUT2D eigenvalue weighted by atomic mass is 10.1. The van der Waals surface area contributed by atoms with Gasteiger partial charge < -0.3 is 5.32 Å². The van der Waals surface area contributed by atoms with Crippen molar-refractivity contribution in [3.05, 3.63) is 29.1 Å². The SMILES string of the molecule is CC(C)CNc1nc(-c2ccc3c(c2)CCN3S(C)(=O)=O)cs1. The number of nitrogens with zero attached hydrogens (tertiary/aromatic N) is 2. The molecule has 0 amide bonds. The van der Waals surface area contributed by atoms with Crippen molar-refractivity contribution in [2.45, 2.75) is 20.3 Å². The van der Waals surface area contributed by atoms with Crippen molar-refractivity contribution >= 4 is 32.2 Å². The molecule has 3 rings (SSSR count). The Balaban J connectivity index is 1.83. The zero-order valence-electron chi connectivity index (χ0n) is 13.5. The molecule has 1 aliphatic heterocycles. The van der Waals surface area contributed by atoms with E-state index in [-0.39, 0.29) is 0 Å². The van der Waals surface area contributed by atoms with E-state index in [4.69, 9.17) is 0 Å². The van der Waals surface area contributed by atoms with Gasteiger partial charge in [0.2, 0.25) is 10.0 Å². The molecule has 0 unspecified atom stereocenters. The number of benzene rings is 1. The Hall–Kier alpha value is -1.60. The molecular formula is C16H21N3O2S2. The Kier molecular flexibility index (Phi) is 4.33. The minimum atomic E-state index is -3.20. The smallest absolute Gasteiger partial charge is 0.232 e. The number of fused-ring (bicyclic) bond motifs is 1. The predicted molar refractivity (Wildman–Crippen MR) is 96.8 cm³/mol. The summed E-state index contributed by atoms with van der Waals surface area (Å²) < 4.78 is 25.1. The van der Waals surface area contributed by atoms with Crippen LogP contribution >= 0.6 is 11.3 Å². The second-order valence-corrected chi connectivity index (χ2v) is 9.01. The molecular weight excluding hydrogens is 330 g/mol. The van der Waals surface area contributed by atoms with E-state index in [0.717, 1.165) is 40.6 Å². The number of sulfonamides is 1. The van der Waals surface area contributed by atoms with Crippen molar-refractivity contribution in [3.63, 3.8) is 0 Å². The molecule has 5 nitrogen and oxygen atoms in total. The lowest BCUT2D eigenvalue weighted by Crippen LogP contribution is -2.27. The second-order valence-electron chi connectivity index (χ2n) is 6.24. The molecule has 1 aromatic heterocycles. The van der Waals surface area contributed by atoms with Crippen LogP contribution in [0.15, 0.2) is 23.6 Å². The monoisotopic (exact) mass is 351 g/mol. The summed E-state index contributed by atoms with van der Waals surface area (Å²) in [6, 6.07) is 5.89. The van der Waals surface area contributed by atoms with Gasteiger partial charge in [-0.2, -0.15) is 0 Å². The number of hydrogen-bond donors (Lipinski definition) is 1. The maximum atomic E-state index is 11.8. The Morgan fingerprint density at radius 3 is 2.87 bits per heavy atom. The van der Waals surface area contributed by atoms with Crippen LogP contribution in [0.5, 0.6) is 0 Å². The van der Waals surface area contributed by atoms with Gasteiger partial charge in [-0.25, -0.2) is 13.4 Å². The molecule has 0 spiro atoms. The fourth-order valence-electron chi connectivity index (χ4n) is 2.65. The zero-order chi connectivity index (χ0) is 16.6. The summed E-state index contributed by atoms with van der Waals surface area (Å²) in [4.78, 5) is 4.62. The lowest BCUT2D eigenvalue weighted by Gasteiger charge is -2.16. The molecule has 0 saturated heterocycles. The number of nitrogens with one attached hydrogen (secondary N) is 1. The van der Waals surface area contributed by atoms with E-state index in [2.05, 4.69) is 30.2 Å². The van der Waals surface area contributed by atoms with Crippen molar-refractivity contribution in [1.82, 2.24) is 4.98 Å². The maximum Gasteiger partial charge on any atom is 0.232 e. The van der Waals surface area contributed by atoms with Gasteiger partial charge in [0.05, 0.1) is 17.6 Å². The maximum absolute atomic E-state index is 11.8. The molecule has 0 saturated carbocycles. The fraction of sp³-hybridized carbons (Fsp3) is 0.438. The van der Waals surface area contributed by atoms with Gasteiger partial charge >= 0.3 is 0 Å². The van der Waals surface area contributed by atoms with E-state index in [1.165, 1.54) is 10.6 Å². The van der Waals surface area contributed by atoms with Gasteiger partial charge in [0.1, 0.15) is 0 Å². The Bertz CT molecular complexity index is 812. The summed E-state index contributed by atoms with van der Waals surface area (Å²) in [5.41, 5.74) is 3.83. The molecule has 1 N–H and O–H groups in total. The molecule has 0 bridgehead atoms. The summed E-state index contributed by atoms with van der Waals surface area (Å²) in [7, 11) is -3.20. The Morgan fingerprint density at radius 2 is 2.17 bits per heavy atom. The highest BCUT2D eigenvalue weighted by Gasteiger charge is 2.26. The summed E-state index contributed by atoms with van der Waals surface area (Å²) in [6.07, 6.45) is 2.00. The third-order valence-electron chi connectivity index (χ3n) is 3.79. The van der Waals surface area contributed by atoms with Crippen LogP contribution in [0.2, 0.25) is 0 Å². The van der Waals surface area contributed by atoms with Gasteiger partial charge in [-0.1, -0.05) is 19.9 Å². The number of anilines is 2. The van der Waals surface area contributed by atoms with Crippen LogP contribution < -0.4 is 9.62 Å². The third-order valence-corrected chi connectivity index (χ3v) is 5.77. The van der Waals surface area contributed by atoms with Crippen molar-refractivity contribution in [2.24, 2.45) is 5.92 Å². The van der Waals surface area contributed by atoms with Crippen LogP contribution in [0.1, 0.15) is 19.4 Å². The van der Waals surface area contributed by atoms with Crippen LogP contribution in [0.3, 0.4) is 0 Å². The Labute approximate surface area is 141 Å². The highest BCUT2D eigenvalue weighted by molar-refractivity contribution is 7.92. The van der Waals surface area contributed by atoms with Gasteiger partial charge in [0.25, 0.3) is 0 Å². The minimum Gasteiger partial charge on any atom is -0.361 e. The highest BCUT2D eigenvalue weighted by Crippen LogP contribution is 2.34. The first-order valence-corrected chi connectivity index (χ1v) is 10.4. The number of thiazole rings is 1. The molecule has 2 aromatic rings. The average Bonchev–Trinajstić information content (AvgIpc) is 3.10. The highest BCUT2D eigenvalue weighted by atomic mass is 32.2. The van der Waals surface area contributed by atoms with Gasteiger partial charge in [-0.15, -0.1) is 11.3 Å². The molecule has 1 aliphatic rings. The van der Waals surface area contributed by atoms with Crippen LogP contribution in [-0.2, 0) is 16.4 Å². The molecule has 23 heavy (non-hydrogen) atoms. The third kappa shape index (κ3) is 3.50. The van der Waals surface area contributed by atoms with Gasteiger partial charge in [0, 0.05) is 24.0 Å². The predicted octanol–water partition coefficient (Wildman–Crippen LogP) is 3.20. The standard InChI is InChI=1S/C16H21N3O2S2/c1-11(2)9-17-16-18-14(10-22-16)12-4-5-15-13(8-12)6-7-19(15)23(3,20)21/h4-5,8,10-11H,6-7,9H2,1-3H3,(H,17,18). The van der Waals surface area contributed by atoms with Crippen LogP contribution in [0, 0.1) is 5.92 Å². The summed E-state index contributed by atoms with van der Waals surface area (Å²) in [5, 5.41) is 6.29. The van der Waals surface area contributed by atoms with E-state index < -0.39 is 10.0 Å². The molecule has 0 atom stereocenters. The van der Waals surface area contributed by atoms with E-state index in [9.17, 15) is 8.42 Å². The van der Waals surface area contributed by atoms with Crippen molar-refractivity contribution in [1.29, 1.82) is 0 Å². The second kappa shape index (κ2) is 6.13. The lowest BCUT2D eigenvalue weighted by molar-refractivity contribution is 0.598. The largest absolute Gasteiger partial charge is 0.361 e. The summed E-state index contributed by atoms with van der Waals surface area (Å²) >= 11 is 1.60. The first kappa shape index (κ1) is 16.3. The molecule has 1 aromatic carbocycles. The van der Waals surface area contributed by atoms with E-state index in [1.807, 2.05) is 17.5 Å². The van der Waals surface area contributed by atoms with E-state index in [0.29, 0.717) is 12.5 Å². The van der Waals surface area contributed by atoms with Crippen LogP contribution in [0.4, 0.5) is 10.8 Å².